The molecule has 3 heterocycles. The third-order valence-electron chi connectivity index (χ3n) is 4.74. The van der Waals surface area contributed by atoms with Crippen LogP contribution in [-0.4, -0.2) is 45.4 Å². The van der Waals surface area contributed by atoms with E-state index in [1.165, 1.54) is 0 Å². The van der Waals surface area contributed by atoms with Gasteiger partial charge in [-0.2, -0.15) is 0 Å². The molecule has 3 rings (SSSR count). The monoisotopic (exact) mass is 304 g/mol. The van der Waals surface area contributed by atoms with Crippen molar-refractivity contribution in [2.75, 3.05) is 13.1 Å². The molecule has 0 aliphatic carbocycles. The molecule has 1 aromatic heterocycles. The van der Waals surface area contributed by atoms with Crippen molar-refractivity contribution >= 4 is 11.8 Å². The summed E-state index contributed by atoms with van der Waals surface area (Å²) in [5.74, 6) is 1.25. The van der Waals surface area contributed by atoms with E-state index in [1.54, 1.807) is 6.20 Å². The highest BCUT2D eigenvalue weighted by Crippen LogP contribution is 2.22. The van der Waals surface area contributed by atoms with Gasteiger partial charge in [0.05, 0.1) is 5.92 Å². The quantitative estimate of drug-likeness (QED) is 0.901. The van der Waals surface area contributed by atoms with E-state index >= 15 is 0 Å². The predicted molar refractivity (Wildman–Crippen MR) is 82.1 cm³/mol. The number of likely N-dealkylation sites (tertiary alicyclic amines) is 1. The lowest BCUT2D eigenvalue weighted by Crippen LogP contribution is -2.41. The zero-order chi connectivity index (χ0) is 15.5. The number of aryl methyl sites for hydroxylation is 2. The van der Waals surface area contributed by atoms with Crippen LogP contribution in [0.15, 0.2) is 12.4 Å². The molecule has 1 aromatic rings. The van der Waals surface area contributed by atoms with Crippen molar-refractivity contribution < 1.29 is 9.59 Å². The van der Waals surface area contributed by atoms with Crippen LogP contribution in [0.1, 0.15) is 38.4 Å². The van der Waals surface area contributed by atoms with Gasteiger partial charge in [-0.15, -0.1) is 0 Å². The van der Waals surface area contributed by atoms with Gasteiger partial charge in [-0.05, 0) is 12.8 Å². The molecule has 2 amide bonds. The minimum atomic E-state index is -0.0316. The van der Waals surface area contributed by atoms with E-state index in [-0.39, 0.29) is 23.8 Å². The molecule has 0 unspecified atom stereocenters. The smallest absolute Gasteiger partial charge is 0.225 e. The van der Waals surface area contributed by atoms with Crippen LogP contribution in [0.3, 0.4) is 0 Å². The van der Waals surface area contributed by atoms with Crippen LogP contribution in [0, 0.1) is 5.92 Å². The van der Waals surface area contributed by atoms with Gasteiger partial charge in [-0.3, -0.25) is 9.59 Å². The maximum Gasteiger partial charge on any atom is 0.225 e. The third-order valence-corrected chi connectivity index (χ3v) is 4.74. The Labute approximate surface area is 130 Å². The van der Waals surface area contributed by atoms with Gasteiger partial charge < -0.3 is 14.8 Å². The lowest BCUT2D eigenvalue weighted by Gasteiger charge is -2.27. The molecule has 0 aromatic carbocycles. The number of rotatable bonds is 4. The molecule has 0 spiro atoms. The van der Waals surface area contributed by atoms with E-state index in [9.17, 15) is 9.59 Å². The Morgan fingerprint density at radius 1 is 1.41 bits per heavy atom. The maximum atomic E-state index is 12.5. The number of hydrogen-bond acceptors (Lipinski definition) is 3. The highest BCUT2D eigenvalue weighted by atomic mass is 16.2. The van der Waals surface area contributed by atoms with Gasteiger partial charge in [-0.1, -0.05) is 13.3 Å². The number of aromatic nitrogens is 2. The second kappa shape index (κ2) is 6.50. The van der Waals surface area contributed by atoms with Gasteiger partial charge >= 0.3 is 0 Å². The van der Waals surface area contributed by atoms with E-state index in [1.807, 2.05) is 15.7 Å². The second-order valence-electron chi connectivity index (χ2n) is 6.27. The van der Waals surface area contributed by atoms with Crippen LogP contribution in [0.2, 0.25) is 0 Å². The molecule has 2 bridgehead atoms. The molecule has 6 nitrogen and oxygen atoms in total. The number of nitrogens with zero attached hydrogens (tertiary/aromatic N) is 3. The van der Waals surface area contributed by atoms with Crippen molar-refractivity contribution in [3.05, 3.63) is 18.2 Å². The summed E-state index contributed by atoms with van der Waals surface area (Å²) >= 11 is 0. The van der Waals surface area contributed by atoms with Crippen molar-refractivity contribution in [2.24, 2.45) is 5.92 Å². The fraction of sp³-hybridized carbons (Fsp3) is 0.688. The summed E-state index contributed by atoms with van der Waals surface area (Å²) in [4.78, 5) is 30.7. The lowest BCUT2D eigenvalue weighted by atomic mass is 9.99. The normalized spacial score (nSPS) is 24.8. The number of carbonyl (C=O) groups is 2. The average Bonchev–Trinajstić information content (AvgIpc) is 2.80. The van der Waals surface area contributed by atoms with Gasteiger partial charge in [0.25, 0.3) is 0 Å². The molecular formula is C16H24N4O2. The molecule has 2 fully saturated rings. The number of carbonyl (C=O) groups excluding carboxylic acids is 2. The first-order valence-corrected chi connectivity index (χ1v) is 8.25. The van der Waals surface area contributed by atoms with Gasteiger partial charge in [0, 0.05) is 50.9 Å². The van der Waals surface area contributed by atoms with Crippen LogP contribution < -0.4 is 5.32 Å². The standard InChI is InChI=1S/C16H24N4O2/c1-2-14-17-7-9-19(14)8-6-15(21)20-10-12-4-3-5-13(11-20)18-16(12)22/h7,9,12-13H,2-6,8,10-11H2,1H3,(H,18,22)/t12-,13+/m1/s1. The molecule has 0 radical (unpaired) electrons. The summed E-state index contributed by atoms with van der Waals surface area (Å²) in [6, 6.07) is 0.128. The van der Waals surface area contributed by atoms with Crippen LogP contribution in [-0.2, 0) is 22.6 Å². The summed E-state index contributed by atoms with van der Waals surface area (Å²) in [6.07, 6.45) is 7.99. The number of amides is 2. The predicted octanol–water partition coefficient (Wildman–Crippen LogP) is 0.963. The molecule has 120 valence electrons. The number of imidazole rings is 1. The van der Waals surface area contributed by atoms with Crippen molar-refractivity contribution in [2.45, 2.75) is 51.6 Å². The van der Waals surface area contributed by atoms with Crippen molar-refractivity contribution in [3.63, 3.8) is 0 Å². The van der Waals surface area contributed by atoms with Crippen molar-refractivity contribution in [3.8, 4) is 0 Å². The van der Waals surface area contributed by atoms with Gasteiger partial charge in [0.15, 0.2) is 0 Å². The zero-order valence-corrected chi connectivity index (χ0v) is 13.1. The van der Waals surface area contributed by atoms with E-state index < -0.39 is 0 Å². The Bertz CT molecular complexity index is 554. The van der Waals surface area contributed by atoms with Crippen molar-refractivity contribution in [1.29, 1.82) is 0 Å². The molecule has 2 atom stereocenters. The summed E-state index contributed by atoms with van der Waals surface area (Å²) in [7, 11) is 0. The Balaban J connectivity index is 1.61. The first-order valence-electron chi connectivity index (χ1n) is 8.25. The average molecular weight is 304 g/mol. The molecular weight excluding hydrogens is 280 g/mol. The first kappa shape index (κ1) is 15.1. The number of hydrogen-bond donors (Lipinski definition) is 1. The summed E-state index contributed by atoms with van der Waals surface area (Å²) in [5, 5.41) is 3.07. The van der Waals surface area contributed by atoms with Crippen LogP contribution in [0.4, 0.5) is 0 Å². The maximum absolute atomic E-state index is 12.5. The van der Waals surface area contributed by atoms with E-state index in [2.05, 4.69) is 17.2 Å². The van der Waals surface area contributed by atoms with E-state index in [0.29, 0.717) is 26.1 Å². The second-order valence-corrected chi connectivity index (χ2v) is 6.27. The van der Waals surface area contributed by atoms with Crippen LogP contribution in [0.5, 0.6) is 0 Å². The van der Waals surface area contributed by atoms with Crippen LogP contribution >= 0.6 is 0 Å². The molecule has 0 saturated carbocycles. The summed E-state index contributed by atoms with van der Waals surface area (Å²) in [6.45, 7) is 3.96. The first-order chi connectivity index (χ1) is 10.7. The van der Waals surface area contributed by atoms with Crippen molar-refractivity contribution in [1.82, 2.24) is 19.8 Å². The highest BCUT2D eigenvalue weighted by molar-refractivity contribution is 5.82. The molecule has 2 saturated heterocycles. The molecule has 6 heteroatoms. The Kier molecular flexibility index (Phi) is 4.45. The Hall–Kier alpha value is -1.85. The van der Waals surface area contributed by atoms with Crippen LogP contribution in [0.25, 0.3) is 0 Å². The SMILES string of the molecule is CCc1nccn1CCC(=O)N1C[C@@H]2CCC[C@H](C1)C(=O)N2. The highest BCUT2D eigenvalue weighted by Gasteiger charge is 2.34. The van der Waals surface area contributed by atoms with E-state index in [0.717, 1.165) is 31.5 Å². The topological polar surface area (TPSA) is 67.2 Å². The zero-order valence-electron chi connectivity index (χ0n) is 13.1. The van der Waals surface area contributed by atoms with E-state index in [4.69, 9.17) is 0 Å². The Morgan fingerprint density at radius 2 is 2.27 bits per heavy atom. The Morgan fingerprint density at radius 3 is 3.09 bits per heavy atom. The minimum Gasteiger partial charge on any atom is -0.351 e. The summed E-state index contributed by atoms with van der Waals surface area (Å²) < 4.78 is 2.04. The van der Waals surface area contributed by atoms with Gasteiger partial charge in [0.1, 0.15) is 5.82 Å². The minimum absolute atomic E-state index is 0.0316. The molecule has 22 heavy (non-hydrogen) atoms. The molecule has 1 N–H and O–H groups in total. The number of nitrogens with one attached hydrogen (secondary N) is 1. The fourth-order valence-electron chi connectivity index (χ4n) is 3.49. The lowest BCUT2D eigenvalue weighted by molar-refractivity contribution is -0.132. The van der Waals surface area contributed by atoms with Gasteiger partial charge in [-0.25, -0.2) is 4.98 Å². The largest absolute Gasteiger partial charge is 0.351 e. The third kappa shape index (κ3) is 3.15. The number of fused-ring (bicyclic) bond motifs is 3. The molecule has 2 aliphatic heterocycles. The summed E-state index contributed by atoms with van der Waals surface area (Å²) in [5.41, 5.74) is 0. The fourth-order valence-corrected chi connectivity index (χ4v) is 3.49. The van der Waals surface area contributed by atoms with Gasteiger partial charge in [0.2, 0.25) is 11.8 Å². The molecule has 2 aliphatic rings.